The van der Waals surface area contributed by atoms with Gasteiger partial charge in [0.15, 0.2) is 5.41 Å². The van der Waals surface area contributed by atoms with Crippen LogP contribution in [0, 0.1) is 63.6 Å². The Balaban J connectivity index is 2.24. The largest absolute Gasteiger partial charge is 0.305 e. The summed E-state index contributed by atoms with van der Waals surface area (Å²) in [4.78, 5) is 4.32. The molecule has 126 valence electrons. The van der Waals surface area contributed by atoms with E-state index in [0.29, 0.717) is 6.54 Å². The Hall–Kier alpha value is -2.46. The number of nitrogens with zero attached hydrogens (tertiary/aromatic N) is 4. The summed E-state index contributed by atoms with van der Waals surface area (Å²) in [5, 5.41) is 38.0. The molecule has 1 N–H and O–H groups in total. The zero-order valence-electron chi connectivity index (χ0n) is 14.3. The van der Waals surface area contributed by atoms with E-state index in [2.05, 4.69) is 30.0 Å². The van der Waals surface area contributed by atoms with Gasteiger partial charge in [0.1, 0.15) is 5.92 Å². The van der Waals surface area contributed by atoms with Crippen molar-refractivity contribution in [3.05, 3.63) is 33.5 Å². The van der Waals surface area contributed by atoms with Crippen molar-refractivity contribution in [3.63, 3.8) is 0 Å². The van der Waals surface area contributed by atoms with Crippen molar-refractivity contribution in [2.24, 2.45) is 17.3 Å². The maximum absolute atomic E-state index is 9.93. The average molecular weight is 349 g/mol. The van der Waals surface area contributed by atoms with Crippen LogP contribution in [0.25, 0.3) is 0 Å². The van der Waals surface area contributed by atoms with Gasteiger partial charge in [0.25, 0.3) is 0 Å². The molecule has 3 atom stereocenters. The Bertz CT molecular complexity index is 846. The Labute approximate surface area is 151 Å². The molecule has 0 spiro atoms. The maximum Gasteiger partial charge on any atom is 0.190 e. The number of thiophene rings is 1. The van der Waals surface area contributed by atoms with E-state index < -0.39 is 17.3 Å². The van der Waals surface area contributed by atoms with Crippen molar-refractivity contribution >= 4 is 17.0 Å². The molecule has 0 amide bonds. The van der Waals surface area contributed by atoms with E-state index in [1.807, 2.05) is 25.1 Å². The Kier molecular flexibility index (Phi) is 4.48. The number of likely N-dealkylation sites (N-methyl/N-ethyl adjacent to an activating group) is 1. The monoisotopic (exact) mass is 349 g/mol. The third kappa shape index (κ3) is 2.48. The third-order valence-corrected chi connectivity index (χ3v) is 6.46. The van der Waals surface area contributed by atoms with Crippen LogP contribution in [0.3, 0.4) is 0 Å². The standard InChI is InChI=1S/C19H19N5S/c1-3-24-7-6-13-14(8-20)18(23)19(10-21,11-22)17(15(13)9-24)16-5-4-12(2)25-16/h4-6,14-15,17,23H,3,7,9H2,1-2H3/t14?,15-,17+/m1/s1. The van der Waals surface area contributed by atoms with Crippen LogP contribution in [0.1, 0.15) is 22.6 Å². The molecule has 0 radical (unpaired) electrons. The summed E-state index contributed by atoms with van der Waals surface area (Å²) in [7, 11) is 0. The molecule has 1 aliphatic carbocycles. The van der Waals surface area contributed by atoms with Crippen LogP contribution < -0.4 is 0 Å². The highest BCUT2D eigenvalue weighted by molar-refractivity contribution is 7.12. The first-order chi connectivity index (χ1) is 12.0. The summed E-state index contributed by atoms with van der Waals surface area (Å²) >= 11 is 1.58. The van der Waals surface area contributed by atoms with Crippen molar-refractivity contribution in [3.8, 4) is 18.2 Å². The average Bonchev–Trinajstić information content (AvgIpc) is 3.06. The molecule has 1 aromatic heterocycles. The molecular weight excluding hydrogens is 330 g/mol. The molecule has 0 saturated heterocycles. The Morgan fingerprint density at radius 3 is 2.56 bits per heavy atom. The fraction of sp³-hybridized carbons (Fsp3) is 0.474. The minimum atomic E-state index is -1.59. The number of nitriles is 3. The van der Waals surface area contributed by atoms with Crippen LogP contribution in [0.2, 0.25) is 0 Å². The van der Waals surface area contributed by atoms with Crippen molar-refractivity contribution in [1.82, 2.24) is 4.90 Å². The van der Waals surface area contributed by atoms with Gasteiger partial charge in [-0.1, -0.05) is 13.0 Å². The van der Waals surface area contributed by atoms with Crippen molar-refractivity contribution in [2.45, 2.75) is 19.8 Å². The summed E-state index contributed by atoms with van der Waals surface area (Å²) < 4.78 is 0. The van der Waals surface area contributed by atoms with E-state index in [-0.39, 0.29) is 11.6 Å². The molecule has 2 heterocycles. The van der Waals surface area contributed by atoms with Gasteiger partial charge >= 0.3 is 0 Å². The fourth-order valence-electron chi connectivity index (χ4n) is 4.05. The summed E-state index contributed by atoms with van der Waals surface area (Å²) in [5.74, 6) is -1.27. The number of fused-ring (bicyclic) bond motifs is 1. The summed E-state index contributed by atoms with van der Waals surface area (Å²) in [6, 6.07) is 10.4. The molecule has 2 aliphatic rings. The lowest BCUT2D eigenvalue weighted by Gasteiger charge is -2.47. The molecule has 3 rings (SSSR count). The van der Waals surface area contributed by atoms with Crippen LogP contribution >= 0.6 is 11.3 Å². The van der Waals surface area contributed by atoms with Crippen molar-refractivity contribution in [2.75, 3.05) is 19.6 Å². The van der Waals surface area contributed by atoms with Crippen LogP contribution in [-0.2, 0) is 0 Å². The molecule has 1 aliphatic heterocycles. The van der Waals surface area contributed by atoms with E-state index in [9.17, 15) is 15.8 Å². The number of aryl methyl sites for hydroxylation is 1. The fourth-order valence-corrected chi connectivity index (χ4v) is 5.16. The smallest absolute Gasteiger partial charge is 0.190 e. The van der Waals surface area contributed by atoms with E-state index in [1.165, 1.54) is 0 Å². The summed E-state index contributed by atoms with van der Waals surface area (Å²) in [5.41, 5.74) is -0.742. The van der Waals surface area contributed by atoms with Gasteiger partial charge in [0.05, 0.1) is 23.9 Å². The lowest BCUT2D eigenvalue weighted by atomic mass is 9.55. The molecule has 25 heavy (non-hydrogen) atoms. The van der Waals surface area contributed by atoms with Gasteiger partial charge in [0, 0.05) is 34.7 Å². The van der Waals surface area contributed by atoms with E-state index >= 15 is 0 Å². The molecule has 1 saturated carbocycles. The Morgan fingerprint density at radius 2 is 2.04 bits per heavy atom. The highest BCUT2D eigenvalue weighted by Gasteiger charge is 2.58. The van der Waals surface area contributed by atoms with Gasteiger partial charge in [0.2, 0.25) is 0 Å². The first-order valence-corrected chi connectivity index (χ1v) is 9.13. The van der Waals surface area contributed by atoms with E-state index in [0.717, 1.165) is 28.4 Å². The molecule has 0 bridgehead atoms. The van der Waals surface area contributed by atoms with E-state index in [4.69, 9.17) is 5.41 Å². The summed E-state index contributed by atoms with van der Waals surface area (Å²) in [6.07, 6.45) is 2.03. The number of nitrogens with one attached hydrogen (secondary N) is 1. The summed E-state index contributed by atoms with van der Waals surface area (Å²) in [6.45, 7) is 6.41. The quantitative estimate of drug-likeness (QED) is 0.829. The molecule has 5 nitrogen and oxygen atoms in total. The second-order valence-corrected chi connectivity index (χ2v) is 7.92. The second-order valence-electron chi connectivity index (χ2n) is 6.60. The van der Waals surface area contributed by atoms with Crippen LogP contribution in [0.15, 0.2) is 23.8 Å². The van der Waals surface area contributed by atoms with Crippen LogP contribution in [0.4, 0.5) is 0 Å². The second kappa shape index (κ2) is 6.45. The minimum Gasteiger partial charge on any atom is -0.305 e. The first kappa shape index (κ1) is 17.4. The van der Waals surface area contributed by atoms with Gasteiger partial charge in [-0.15, -0.1) is 11.3 Å². The van der Waals surface area contributed by atoms with Gasteiger partial charge in [-0.2, -0.15) is 15.8 Å². The van der Waals surface area contributed by atoms with Gasteiger partial charge < -0.3 is 5.41 Å². The predicted octanol–water partition coefficient (Wildman–Crippen LogP) is 3.22. The van der Waals surface area contributed by atoms with E-state index in [1.54, 1.807) is 11.3 Å². The van der Waals surface area contributed by atoms with Crippen LogP contribution in [-0.4, -0.2) is 30.2 Å². The number of hydrogen-bond acceptors (Lipinski definition) is 6. The highest BCUT2D eigenvalue weighted by Crippen LogP contribution is 2.54. The molecule has 0 aromatic carbocycles. The number of rotatable bonds is 2. The van der Waals surface area contributed by atoms with Gasteiger partial charge in [-0.25, -0.2) is 0 Å². The SMILES string of the molecule is CCN1CC=C2C(C#N)C(=N)C(C#N)(C#N)[C@H](c3ccc(C)s3)[C@@H]2C1. The first-order valence-electron chi connectivity index (χ1n) is 8.32. The molecule has 1 aromatic rings. The molecule has 1 unspecified atom stereocenters. The zero-order valence-corrected chi connectivity index (χ0v) is 15.1. The van der Waals surface area contributed by atoms with Crippen LogP contribution in [0.5, 0.6) is 0 Å². The molecule has 1 fully saturated rings. The lowest BCUT2D eigenvalue weighted by molar-refractivity contribution is 0.213. The van der Waals surface area contributed by atoms with Crippen molar-refractivity contribution in [1.29, 1.82) is 21.2 Å². The predicted molar refractivity (Wildman–Crippen MR) is 96.0 cm³/mol. The maximum atomic E-state index is 9.93. The Morgan fingerprint density at radius 1 is 1.32 bits per heavy atom. The normalized spacial score (nSPS) is 28.2. The molecule has 6 heteroatoms. The number of hydrogen-bond donors (Lipinski definition) is 1. The zero-order chi connectivity index (χ0) is 18.2. The van der Waals surface area contributed by atoms with Gasteiger partial charge in [-0.05, 0) is 31.2 Å². The third-order valence-electron chi connectivity index (χ3n) is 5.38. The lowest BCUT2D eigenvalue weighted by Crippen LogP contribution is -2.52. The van der Waals surface area contributed by atoms with Gasteiger partial charge in [-0.3, -0.25) is 4.90 Å². The molecular formula is C19H19N5S. The minimum absolute atomic E-state index is 0.0662. The topological polar surface area (TPSA) is 98.5 Å². The van der Waals surface area contributed by atoms with Crippen molar-refractivity contribution < 1.29 is 0 Å². The highest BCUT2D eigenvalue weighted by atomic mass is 32.1.